The van der Waals surface area contributed by atoms with Crippen molar-refractivity contribution in [1.82, 2.24) is 9.88 Å². The smallest absolute Gasteiger partial charge is 0.266 e. The van der Waals surface area contributed by atoms with Crippen LogP contribution in [0.2, 0.25) is 0 Å². The van der Waals surface area contributed by atoms with Gasteiger partial charge in [0.15, 0.2) is 0 Å². The topological polar surface area (TPSA) is 59.2 Å². The van der Waals surface area contributed by atoms with Gasteiger partial charge in [0.1, 0.15) is 9.71 Å². The molecule has 3 heterocycles. The lowest BCUT2D eigenvalue weighted by molar-refractivity contribution is 0.0767. The molecule has 0 radical (unpaired) electrons. The number of aromatic nitrogens is 1. The molecule has 0 aromatic carbocycles. The summed E-state index contributed by atoms with van der Waals surface area (Å²) in [6.45, 7) is 5.75. The van der Waals surface area contributed by atoms with Crippen molar-refractivity contribution in [2.24, 2.45) is 0 Å². The van der Waals surface area contributed by atoms with Gasteiger partial charge < -0.3 is 10.6 Å². The molecule has 2 N–H and O–H groups in total. The van der Waals surface area contributed by atoms with Crippen molar-refractivity contribution in [3.63, 3.8) is 0 Å². The summed E-state index contributed by atoms with van der Waals surface area (Å²) in [7, 11) is 0. The lowest BCUT2D eigenvalue weighted by atomic mass is 10.2. The number of nitrogen functional groups attached to an aromatic ring is 1. The van der Waals surface area contributed by atoms with Crippen molar-refractivity contribution < 1.29 is 4.79 Å². The van der Waals surface area contributed by atoms with E-state index in [4.69, 9.17) is 5.73 Å². The van der Waals surface area contributed by atoms with E-state index < -0.39 is 0 Å². The Labute approximate surface area is 132 Å². The molecule has 6 heteroatoms. The fraction of sp³-hybridized carbons (Fsp3) is 0.467. The number of anilines is 1. The average Bonchev–Trinajstić information content (AvgIpc) is 2.83. The first kappa shape index (κ1) is 14.7. The van der Waals surface area contributed by atoms with E-state index in [-0.39, 0.29) is 5.91 Å². The third kappa shape index (κ3) is 2.74. The zero-order valence-electron chi connectivity index (χ0n) is 12.3. The van der Waals surface area contributed by atoms with Crippen LogP contribution in [0, 0.1) is 6.92 Å². The second-order valence-electron chi connectivity index (χ2n) is 5.30. The Morgan fingerprint density at radius 2 is 2.33 bits per heavy atom. The molecule has 1 aliphatic rings. The van der Waals surface area contributed by atoms with Gasteiger partial charge in [0.2, 0.25) is 0 Å². The Balaban J connectivity index is 1.92. The number of nitrogens with two attached hydrogens (primary N) is 1. The molecule has 1 aliphatic heterocycles. The maximum absolute atomic E-state index is 12.8. The van der Waals surface area contributed by atoms with Gasteiger partial charge in [-0.05, 0) is 25.5 Å². The summed E-state index contributed by atoms with van der Waals surface area (Å²) in [5.74, 6) is 1.07. The lowest BCUT2D eigenvalue weighted by Gasteiger charge is -2.31. The van der Waals surface area contributed by atoms with E-state index in [0.29, 0.717) is 15.8 Å². The maximum Gasteiger partial charge on any atom is 0.266 e. The average molecular weight is 321 g/mol. The van der Waals surface area contributed by atoms with Gasteiger partial charge in [0.25, 0.3) is 5.91 Å². The number of thiophene rings is 1. The molecule has 0 aliphatic carbocycles. The highest BCUT2D eigenvalue weighted by Gasteiger charge is 2.27. The molecule has 2 aromatic heterocycles. The predicted molar refractivity (Wildman–Crippen MR) is 91.2 cm³/mol. The first-order chi connectivity index (χ1) is 10.1. The summed E-state index contributed by atoms with van der Waals surface area (Å²) in [6, 6.07) is 3.89. The Kier molecular flexibility index (Phi) is 4.08. The number of hydrogen-bond acceptors (Lipinski definition) is 5. The number of carbonyl (C=O) groups is 1. The first-order valence-electron chi connectivity index (χ1n) is 7.16. The number of pyridine rings is 1. The van der Waals surface area contributed by atoms with Crippen LogP contribution in [0.3, 0.4) is 0 Å². The molecule has 1 unspecified atom stereocenters. The molecule has 1 saturated heterocycles. The summed E-state index contributed by atoms with van der Waals surface area (Å²) in [6.07, 6.45) is 1.09. The molecule has 0 spiro atoms. The van der Waals surface area contributed by atoms with Gasteiger partial charge in [0, 0.05) is 35.2 Å². The van der Waals surface area contributed by atoms with E-state index in [9.17, 15) is 4.79 Å². The van der Waals surface area contributed by atoms with Crippen LogP contribution >= 0.6 is 23.1 Å². The fourth-order valence-corrected chi connectivity index (χ4v) is 4.83. The number of nitrogens with zero attached hydrogens (tertiary/aromatic N) is 2. The van der Waals surface area contributed by atoms with E-state index in [1.165, 1.54) is 11.3 Å². The van der Waals surface area contributed by atoms with Crippen molar-refractivity contribution >= 4 is 44.9 Å². The number of fused-ring (bicyclic) bond motifs is 1. The van der Waals surface area contributed by atoms with Gasteiger partial charge in [-0.25, -0.2) is 4.98 Å². The standard InChI is InChI=1S/C15H19N3OS2/c1-3-10-8-18(6-7-20-10)15(19)13-12(16)11-5-4-9(2)17-14(11)21-13/h4-5,10H,3,6-8,16H2,1-2H3. The van der Waals surface area contributed by atoms with Crippen molar-refractivity contribution in [3.8, 4) is 0 Å². The van der Waals surface area contributed by atoms with Gasteiger partial charge in [-0.1, -0.05) is 6.92 Å². The summed E-state index contributed by atoms with van der Waals surface area (Å²) < 4.78 is 0. The fourth-order valence-electron chi connectivity index (χ4n) is 2.54. The largest absolute Gasteiger partial charge is 0.397 e. The van der Waals surface area contributed by atoms with Crippen LogP contribution in [-0.4, -0.2) is 39.9 Å². The highest BCUT2D eigenvalue weighted by Crippen LogP contribution is 2.34. The summed E-state index contributed by atoms with van der Waals surface area (Å²) >= 11 is 3.37. The maximum atomic E-state index is 12.8. The summed E-state index contributed by atoms with van der Waals surface area (Å²) in [5, 5.41) is 1.44. The van der Waals surface area contributed by atoms with E-state index in [1.807, 2.05) is 35.7 Å². The van der Waals surface area contributed by atoms with Crippen molar-refractivity contribution in [2.45, 2.75) is 25.5 Å². The highest BCUT2D eigenvalue weighted by molar-refractivity contribution is 8.00. The molecule has 0 bridgehead atoms. The number of hydrogen-bond donors (Lipinski definition) is 1. The molecule has 3 rings (SSSR count). The third-order valence-electron chi connectivity index (χ3n) is 3.81. The van der Waals surface area contributed by atoms with E-state index >= 15 is 0 Å². The van der Waals surface area contributed by atoms with Gasteiger partial charge in [-0.15, -0.1) is 11.3 Å². The number of aryl methyl sites for hydroxylation is 1. The molecule has 1 atom stereocenters. The van der Waals surface area contributed by atoms with E-state index in [0.717, 1.165) is 41.2 Å². The third-order valence-corrected chi connectivity index (χ3v) is 6.28. The molecular formula is C15H19N3OS2. The quantitative estimate of drug-likeness (QED) is 0.923. The van der Waals surface area contributed by atoms with E-state index in [2.05, 4.69) is 11.9 Å². The molecular weight excluding hydrogens is 302 g/mol. The number of carbonyl (C=O) groups excluding carboxylic acids is 1. The number of amides is 1. The Bertz CT molecular complexity index is 683. The van der Waals surface area contributed by atoms with Crippen LogP contribution in [0.1, 0.15) is 28.7 Å². The Morgan fingerprint density at radius 3 is 3.10 bits per heavy atom. The molecule has 4 nitrogen and oxygen atoms in total. The molecule has 2 aromatic rings. The molecule has 112 valence electrons. The van der Waals surface area contributed by atoms with Crippen molar-refractivity contribution in [1.29, 1.82) is 0 Å². The van der Waals surface area contributed by atoms with Crippen LogP contribution in [0.25, 0.3) is 10.2 Å². The van der Waals surface area contributed by atoms with Gasteiger partial charge in [-0.3, -0.25) is 4.79 Å². The number of thioether (sulfide) groups is 1. The van der Waals surface area contributed by atoms with Crippen molar-refractivity contribution in [2.75, 3.05) is 24.6 Å². The second-order valence-corrected chi connectivity index (χ2v) is 7.71. The Hall–Kier alpha value is -1.27. The molecule has 1 amide bonds. The molecule has 21 heavy (non-hydrogen) atoms. The zero-order chi connectivity index (χ0) is 15.0. The second kappa shape index (κ2) is 5.85. The summed E-state index contributed by atoms with van der Waals surface area (Å²) in [5.41, 5.74) is 7.71. The minimum atomic E-state index is 0.0619. The highest BCUT2D eigenvalue weighted by atomic mass is 32.2. The van der Waals surface area contributed by atoms with Crippen LogP contribution in [0.4, 0.5) is 5.69 Å². The molecule has 0 saturated carbocycles. The van der Waals surface area contributed by atoms with Gasteiger partial charge in [0.05, 0.1) is 5.69 Å². The van der Waals surface area contributed by atoms with E-state index in [1.54, 1.807) is 0 Å². The SMILES string of the molecule is CCC1CN(C(=O)c2sc3nc(C)ccc3c2N)CCS1. The van der Waals surface area contributed by atoms with Crippen LogP contribution in [0.5, 0.6) is 0 Å². The van der Waals surface area contributed by atoms with Crippen molar-refractivity contribution in [3.05, 3.63) is 22.7 Å². The minimum absolute atomic E-state index is 0.0619. The van der Waals surface area contributed by atoms with Crippen LogP contribution in [-0.2, 0) is 0 Å². The van der Waals surface area contributed by atoms with Crippen LogP contribution < -0.4 is 5.73 Å². The zero-order valence-corrected chi connectivity index (χ0v) is 13.9. The normalized spacial score (nSPS) is 19.1. The Morgan fingerprint density at radius 1 is 1.52 bits per heavy atom. The van der Waals surface area contributed by atoms with Crippen LogP contribution in [0.15, 0.2) is 12.1 Å². The first-order valence-corrected chi connectivity index (χ1v) is 9.03. The minimum Gasteiger partial charge on any atom is -0.397 e. The van der Waals surface area contributed by atoms with Gasteiger partial charge >= 0.3 is 0 Å². The monoisotopic (exact) mass is 321 g/mol. The predicted octanol–water partition coefficient (Wildman–Crippen LogP) is 3.15. The molecule has 1 fully saturated rings. The number of rotatable bonds is 2. The summed E-state index contributed by atoms with van der Waals surface area (Å²) in [4.78, 5) is 20.7. The van der Waals surface area contributed by atoms with Gasteiger partial charge in [-0.2, -0.15) is 11.8 Å². The lowest BCUT2D eigenvalue weighted by Crippen LogP contribution is -2.41.